The van der Waals surface area contributed by atoms with Gasteiger partial charge in [0.25, 0.3) is 0 Å². The van der Waals surface area contributed by atoms with E-state index in [1.807, 2.05) is 23.0 Å². The van der Waals surface area contributed by atoms with E-state index in [1.54, 1.807) is 11.3 Å². The molecular formula is C21H23ClN4OS. The minimum Gasteiger partial charge on any atom is -0.390 e. The second kappa shape index (κ2) is 7.59. The highest BCUT2D eigenvalue weighted by atomic mass is 35.5. The fourth-order valence-electron chi connectivity index (χ4n) is 4.14. The van der Waals surface area contributed by atoms with Crippen LogP contribution in [-0.4, -0.2) is 37.6 Å². The van der Waals surface area contributed by atoms with E-state index in [0.717, 1.165) is 23.7 Å². The van der Waals surface area contributed by atoms with Crippen molar-refractivity contribution in [3.05, 3.63) is 69.1 Å². The smallest absolute Gasteiger partial charge is 0.0892 e. The van der Waals surface area contributed by atoms with Gasteiger partial charge in [0, 0.05) is 41.1 Å². The molecule has 0 unspecified atom stereocenters. The van der Waals surface area contributed by atoms with Gasteiger partial charge in [0.05, 0.1) is 17.8 Å². The van der Waals surface area contributed by atoms with E-state index in [2.05, 4.69) is 44.9 Å². The summed E-state index contributed by atoms with van der Waals surface area (Å²) in [7, 11) is 0. The Labute approximate surface area is 173 Å². The van der Waals surface area contributed by atoms with Gasteiger partial charge in [0.15, 0.2) is 0 Å². The average Bonchev–Trinajstić information content (AvgIpc) is 3.20. The van der Waals surface area contributed by atoms with E-state index in [-0.39, 0.29) is 12.1 Å². The lowest BCUT2D eigenvalue weighted by Gasteiger charge is -2.42. The Morgan fingerprint density at radius 2 is 2.00 bits per heavy atom. The molecule has 0 bridgehead atoms. The summed E-state index contributed by atoms with van der Waals surface area (Å²) in [6, 6.07) is 12.4. The summed E-state index contributed by atoms with van der Waals surface area (Å²) < 4.78 is 1.89. The molecule has 7 heteroatoms. The zero-order chi connectivity index (χ0) is 19.1. The van der Waals surface area contributed by atoms with Gasteiger partial charge in [-0.25, -0.2) is 4.68 Å². The Morgan fingerprint density at radius 1 is 1.18 bits per heavy atom. The van der Waals surface area contributed by atoms with Crippen molar-refractivity contribution in [3.8, 4) is 0 Å². The zero-order valence-corrected chi connectivity index (χ0v) is 17.1. The first-order chi connectivity index (χ1) is 13.7. The SMILES string of the molecule is O[C@H]1CN(Cc2cccs2)[C@@H](c2ccc(Cl)cc2)C[C@@H]1n1cc(C2CC2)nn1. The van der Waals surface area contributed by atoms with Crippen LogP contribution < -0.4 is 0 Å². The lowest BCUT2D eigenvalue weighted by Crippen LogP contribution is -2.46. The van der Waals surface area contributed by atoms with Crippen LogP contribution in [0.3, 0.4) is 0 Å². The lowest BCUT2D eigenvalue weighted by molar-refractivity contribution is -0.0131. The first-order valence-corrected chi connectivity index (χ1v) is 11.0. The maximum absolute atomic E-state index is 10.9. The highest BCUT2D eigenvalue weighted by Gasteiger charge is 2.38. The van der Waals surface area contributed by atoms with Gasteiger partial charge < -0.3 is 5.11 Å². The molecule has 3 heterocycles. The third-order valence-electron chi connectivity index (χ3n) is 5.83. The number of aliphatic hydroxyl groups excluding tert-OH is 1. The maximum atomic E-state index is 10.9. The molecule has 1 saturated carbocycles. The average molecular weight is 415 g/mol. The summed E-state index contributed by atoms with van der Waals surface area (Å²) in [4.78, 5) is 3.68. The monoisotopic (exact) mass is 414 g/mol. The summed E-state index contributed by atoms with van der Waals surface area (Å²) in [6.07, 6.45) is 4.76. The van der Waals surface area contributed by atoms with Crippen molar-refractivity contribution in [2.45, 2.75) is 49.9 Å². The Hall–Kier alpha value is -1.73. The summed E-state index contributed by atoms with van der Waals surface area (Å²) in [5, 5.41) is 22.5. The van der Waals surface area contributed by atoms with E-state index in [9.17, 15) is 5.11 Å². The van der Waals surface area contributed by atoms with E-state index in [0.29, 0.717) is 12.5 Å². The molecule has 0 radical (unpaired) electrons. The van der Waals surface area contributed by atoms with Crippen LogP contribution in [0, 0.1) is 0 Å². The van der Waals surface area contributed by atoms with Crippen molar-refractivity contribution < 1.29 is 5.11 Å². The van der Waals surface area contributed by atoms with Crippen LogP contribution >= 0.6 is 22.9 Å². The number of nitrogens with zero attached hydrogens (tertiary/aromatic N) is 4. The molecule has 5 rings (SSSR count). The van der Waals surface area contributed by atoms with Crippen molar-refractivity contribution in [3.63, 3.8) is 0 Å². The van der Waals surface area contributed by atoms with Gasteiger partial charge in [0.1, 0.15) is 0 Å². The van der Waals surface area contributed by atoms with Gasteiger partial charge in [0.2, 0.25) is 0 Å². The molecule has 3 aromatic rings. The third-order valence-corrected chi connectivity index (χ3v) is 6.94. The number of benzene rings is 1. The van der Waals surface area contributed by atoms with Crippen molar-refractivity contribution in [1.29, 1.82) is 0 Å². The quantitative estimate of drug-likeness (QED) is 0.671. The Balaban J connectivity index is 1.43. The molecule has 2 aliphatic rings. The summed E-state index contributed by atoms with van der Waals surface area (Å²) in [6.45, 7) is 1.44. The summed E-state index contributed by atoms with van der Waals surface area (Å²) in [5.74, 6) is 0.567. The minimum atomic E-state index is -0.475. The number of likely N-dealkylation sites (tertiary alicyclic amines) is 1. The topological polar surface area (TPSA) is 54.2 Å². The van der Waals surface area contributed by atoms with Crippen molar-refractivity contribution in [2.75, 3.05) is 6.54 Å². The third kappa shape index (κ3) is 3.74. The molecule has 2 fully saturated rings. The van der Waals surface area contributed by atoms with Crippen LogP contribution in [0.1, 0.15) is 53.4 Å². The molecule has 1 saturated heterocycles. The van der Waals surface area contributed by atoms with Gasteiger partial charge in [-0.2, -0.15) is 0 Å². The molecule has 2 aromatic heterocycles. The van der Waals surface area contributed by atoms with Crippen molar-refractivity contribution in [2.24, 2.45) is 0 Å². The second-order valence-corrected chi connectivity index (χ2v) is 9.31. The van der Waals surface area contributed by atoms with Gasteiger partial charge in [-0.05, 0) is 48.4 Å². The summed E-state index contributed by atoms with van der Waals surface area (Å²) >= 11 is 7.87. The molecule has 146 valence electrons. The predicted molar refractivity (Wildman–Crippen MR) is 111 cm³/mol. The zero-order valence-electron chi connectivity index (χ0n) is 15.5. The van der Waals surface area contributed by atoms with E-state index < -0.39 is 6.10 Å². The number of thiophene rings is 1. The molecule has 3 atom stereocenters. The number of β-amino-alcohol motifs (C(OH)–C–C–N with tert-alkyl or cyclic N) is 1. The Bertz CT molecular complexity index is 922. The maximum Gasteiger partial charge on any atom is 0.0892 e. The molecule has 1 N–H and O–H groups in total. The molecule has 1 aliphatic heterocycles. The molecular weight excluding hydrogens is 392 g/mol. The van der Waals surface area contributed by atoms with Crippen LogP contribution in [0.2, 0.25) is 5.02 Å². The highest BCUT2D eigenvalue weighted by Crippen LogP contribution is 2.41. The number of hydrogen-bond acceptors (Lipinski definition) is 5. The van der Waals surface area contributed by atoms with Crippen molar-refractivity contribution >= 4 is 22.9 Å². The van der Waals surface area contributed by atoms with Crippen LogP contribution in [0.15, 0.2) is 48.0 Å². The molecule has 1 aromatic carbocycles. The first-order valence-electron chi connectivity index (χ1n) is 9.79. The lowest BCUT2D eigenvalue weighted by atomic mass is 9.90. The minimum absolute atomic E-state index is 0.0692. The predicted octanol–water partition coefficient (Wildman–Crippen LogP) is 4.42. The Morgan fingerprint density at radius 3 is 2.71 bits per heavy atom. The van der Waals surface area contributed by atoms with Crippen LogP contribution in [0.4, 0.5) is 0 Å². The highest BCUT2D eigenvalue weighted by molar-refractivity contribution is 7.09. The van der Waals surface area contributed by atoms with E-state index >= 15 is 0 Å². The first kappa shape index (κ1) is 18.3. The molecule has 5 nitrogen and oxygen atoms in total. The number of aliphatic hydroxyl groups is 1. The molecule has 1 aliphatic carbocycles. The van der Waals surface area contributed by atoms with Gasteiger partial charge in [-0.1, -0.05) is 35.0 Å². The number of rotatable bonds is 5. The fourth-order valence-corrected chi connectivity index (χ4v) is 4.99. The van der Waals surface area contributed by atoms with Gasteiger partial charge in [-0.15, -0.1) is 16.4 Å². The van der Waals surface area contributed by atoms with E-state index in [4.69, 9.17) is 11.6 Å². The van der Waals surface area contributed by atoms with Crippen LogP contribution in [-0.2, 0) is 6.54 Å². The standard InChI is InChI=1S/C21H23ClN4OS/c22-16-7-5-15(6-8-16)19-10-20(26-12-18(23-24-26)14-3-4-14)21(27)13-25(19)11-17-2-1-9-28-17/h1-2,5-9,12,14,19-21,27H,3-4,10-11,13H2/t19-,20+,21+/m1/s1. The Kier molecular flexibility index (Phi) is 4.97. The molecule has 28 heavy (non-hydrogen) atoms. The van der Waals surface area contributed by atoms with Crippen LogP contribution in [0.5, 0.6) is 0 Å². The van der Waals surface area contributed by atoms with Crippen LogP contribution in [0.25, 0.3) is 0 Å². The number of halogens is 1. The second-order valence-electron chi connectivity index (χ2n) is 7.84. The normalized spacial score (nSPS) is 25.9. The number of piperidine rings is 1. The fraction of sp³-hybridized carbons (Fsp3) is 0.429. The molecule has 0 amide bonds. The largest absolute Gasteiger partial charge is 0.390 e. The van der Waals surface area contributed by atoms with E-state index in [1.165, 1.54) is 23.3 Å². The van der Waals surface area contributed by atoms with Gasteiger partial charge >= 0.3 is 0 Å². The number of hydrogen-bond donors (Lipinski definition) is 1. The van der Waals surface area contributed by atoms with Crippen molar-refractivity contribution in [1.82, 2.24) is 19.9 Å². The summed E-state index contributed by atoms with van der Waals surface area (Å²) in [5.41, 5.74) is 2.29. The molecule has 0 spiro atoms. The number of aromatic nitrogens is 3. The van der Waals surface area contributed by atoms with Gasteiger partial charge in [-0.3, -0.25) is 4.90 Å².